The van der Waals surface area contributed by atoms with Gasteiger partial charge in [0.25, 0.3) is 0 Å². The molecule has 3 aromatic carbocycles. The standard InChI is InChI=1S/C22H18FN3O/c1-25(16-9-3-2-4-10-16)21(27)15-26-20-14-8-7-13-19(20)24-22(26)17-11-5-6-12-18(17)23/h2-14H,15H2,1H3. The average molecular weight is 359 g/mol. The highest BCUT2D eigenvalue weighted by atomic mass is 19.1. The minimum absolute atomic E-state index is 0.0651. The Morgan fingerprint density at radius 3 is 2.41 bits per heavy atom. The molecule has 0 unspecified atom stereocenters. The summed E-state index contributed by atoms with van der Waals surface area (Å²) >= 11 is 0. The van der Waals surface area contributed by atoms with Gasteiger partial charge in [0.05, 0.1) is 16.6 Å². The summed E-state index contributed by atoms with van der Waals surface area (Å²) in [7, 11) is 1.74. The van der Waals surface area contributed by atoms with E-state index < -0.39 is 0 Å². The summed E-state index contributed by atoms with van der Waals surface area (Å²) < 4.78 is 16.2. The van der Waals surface area contributed by atoms with Gasteiger partial charge in [-0.05, 0) is 36.4 Å². The largest absolute Gasteiger partial charge is 0.314 e. The molecule has 0 saturated heterocycles. The van der Waals surface area contributed by atoms with Crippen LogP contribution in [0, 0.1) is 5.82 Å². The predicted molar refractivity (Wildman–Crippen MR) is 105 cm³/mol. The van der Waals surface area contributed by atoms with E-state index in [9.17, 15) is 9.18 Å². The lowest BCUT2D eigenvalue weighted by Gasteiger charge is -2.19. The van der Waals surface area contributed by atoms with E-state index in [1.54, 1.807) is 34.7 Å². The lowest BCUT2D eigenvalue weighted by atomic mass is 10.2. The highest BCUT2D eigenvalue weighted by Crippen LogP contribution is 2.27. The van der Waals surface area contributed by atoms with Crippen molar-refractivity contribution in [3.8, 4) is 11.4 Å². The van der Waals surface area contributed by atoms with Crippen LogP contribution in [0.2, 0.25) is 0 Å². The molecule has 0 aliphatic rings. The van der Waals surface area contributed by atoms with Gasteiger partial charge in [-0.3, -0.25) is 4.79 Å². The first-order valence-corrected chi connectivity index (χ1v) is 8.67. The quantitative estimate of drug-likeness (QED) is 0.538. The van der Waals surface area contributed by atoms with Crippen LogP contribution in [0.5, 0.6) is 0 Å². The van der Waals surface area contributed by atoms with E-state index in [0.717, 1.165) is 16.7 Å². The molecule has 0 N–H and O–H groups in total. The zero-order valence-corrected chi connectivity index (χ0v) is 14.8. The summed E-state index contributed by atoms with van der Waals surface area (Å²) in [5.74, 6) is -0.0241. The number of benzene rings is 3. The van der Waals surface area contributed by atoms with Crippen LogP contribution in [-0.4, -0.2) is 22.5 Å². The highest BCUT2D eigenvalue weighted by molar-refractivity contribution is 5.94. The van der Waals surface area contributed by atoms with E-state index in [2.05, 4.69) is 4.98 Å². The fourth-order valence-corrected chi connectivity index (χ4v) is 3.12. The van der Waals surface area contributed by atoms with E-state index >= 15 is 0 Å². The number of amides is 1. The van der Waals surface area contributed by atoms with Crippen molar-refractivity contribution in [2.75, 3.05) is 11.9 Å². The van der Waals surface area contributed by atoms with Crippen molar-refractivity contribution in [3.05, 3.63) is 84.7 Å². The third-order valence-electron chi connectivity index (χ3n) is 4.58. The Hall–Kier alpha value is -3.47. The SMILES string of the molecule is CN(C(=O)Cn1c(-c2ccccc2F)nc2ccccc21)c1ccccc1. The molecular formula is C22H18FN3O. The van der Waals surface area contributed by atoms with E-state index in [1.807, 2.05) is 54.6 Å². The van der Waals surface area contributed by atoms with E-state index in [1.165, 1.54) is 6.07 Å². The van der Waals surface area contributed by atoms with Crippen molar-refractivity contribution < 1.29 is 9.18 Å². The molecule has 134 valence electrons. The topological polar surface area (TPSA) is 38.1 Å². The molecule has 4 rings (SSSR count). The van der Waals surface area contributed by atoms with Gasteiger partial charge in [-0.2, -0.15) is 0 Å². The van der Waals surface area contributed by atoms with E-state index in [-0.39, 0.29) is 18.3 Å². The fourth-order valence-electron chi connectivity index (χ4n) is 3.12. The van der Waals surface area contributed by atoms with Crippen molar-refractivity contribution in [1.82, 2.24) is 9.55 Å². The third kappa shape index (κ3) is 3.19. The molecule has 0 fully saturated rings. The molecule has 1 amide bonds. The van der Waals surface area contributed by atoms with Gasteiger partial charge in [0, 0.05) is 12.7 Å². The Balaban J connectivity index is 1.78. The molecule has 0 spiro atoms. The molecule has 0 aliphatic heterocycles. The molecule has 1 aromatic heterocycles. The van der Waals surface area contributed by atoms with Gasteiger partial charge in [-0.15, -0.1) is 0 Å². The van der Waals surface area contributed by atoms with Gasteiger partial charge in [-0.25, -0.2) is 9.37 Å². The summed E-state index contributed by atoms with van der Waals surface area (Å²) in [6.07, 6.45) is 0. The van der Waals surface area contributed by atoms with Gasteiger partial charge in [-0.1, -0.05) is 42.5 Å². The first-order chi connectivity index (χ1) is 13.1. The van der Waals surface area contributed by atoms with Crippen LogP contribution >= 0.6 is 0 Å². The number of imidazole rings is 1. The van der Waals surface area contributed by atoms with Gasteiger partial charge in [0.1, 0.15) is 18.2 Å². The monoisotopic (exact) mass is 359 g/mol. The minimum atomic E-state index is -0.363. The van der Waals surface area contributed by atoms with E-state index in [4.69, 9.17) is 0 Å². The maximum atomic E-state index is 14.4. The summed E-state index contributed by atoms with van der Waals surface area (Å²) in [6.45, 7) is 0.0651. The number of nitrogens with zero attached hydrogens (tertiary/aromatic N) is 3. The Morgan fingerprint density at radius 2 is 1.63 bits per heavy atom. The molecule has 27 heavy (non-hydrogen) atoms. The van der Waals surface area contributed by atoms with Crippen molar-refractivity contribution in [2.24, 2.45) is 0 Å². The first-order valence-electron chi connectivity index (χ1n) is 8.67. The number of hydrogen-bond acceptors (Lipinski definition) is 2. The molecular weight excluding hydrogens is 341 g/mol. The van der Waals surface area contributed by atoms with Gasteiger partial charge < -0.3 is 9.47 Å². The van der Waals surface area contributed by atoms with Gasteiger partial charge in [0.2, 0.25) is 5.91 Å². The molecule has 4 nitrogen and oxygen atoms in total. The smallest absolute Gasteiger partial charge is 0.246 e. The molecule has 1 heterocycles. The number of aromatic nitrogens is 2. The van der Waals surface area contributed by atoms with Crippen molar-refractivity contribution in [1.29, 1.82) is 0 Å². The normalized spacial score (nSPS) is 10.9. The number of hydrogen-bond donors (Lipinski definition) is 0. The van der Waals surface area contributed by atoms with Crippen LogP contribution < -0.4 is 4.90 Å². The van der Waals surface area contributed by atoms with Crippen LogP contribution in [0.25, 0.3) is 22.4 Å². The maximum Gasteiger partial charge on any atom is 0.246 e. The Bertz CT molecular complexity index is 1100. The molecule has 0 saturated carbocycles. The molecule has 5 heteroatoms. The number of carbonyl (C=O) groups is 1. The number of para-hydroxylation sites is 3. The molecule has 4 aromatic rings. The summed E-state index contributed by atoms with van der Waals surface area (Å²) in [5, 5.41) is 0. The molecule has 0 aliphatic carbocycles. The van der Waals surface area contributed by atoms with Gasteiger partial charge >= 0.3 is 0 Å². The van der Waals surface area contributed by atoms with Crippen LogP contribution in [0.1, 0.15) is 0 Å². The lowest BCUT2D eigenvalue weighted by Crippen LogP contribution is -2.30. The zero-order chi connectivity index (χ0) is 18.8. The number of carbonyl (C=O) groups excluding carboxylic acids is 1. The highest BCUT2D eigenvalue weighted by Gasteiger charge is 2.19. The summed E-state index contributed by atoms with van der Waals surface area (Å²) in [6, 6.07) is 23.4. The van der Waals surface area contributed by atoms with E-state index in [0.29, 0.717) is 11.4 Å². The fraction of sp³-hybridized carbons (Fsp3) is 0.0909. The van der Waals surface area contributed by atoms with Gasteiger partial charge in [0.15, 0.2) is 0 Å². The second kappa shape index (κ2) is 7.03. The second-order valence-corrected chi connectivity index (χ2v) is 6.28. The first kappa shape index (κ1) is 17.0. The number of anilines is 1. The number of likely N-dealkylation sites (N-methyl/N-ethyl adjacent to an activating group) is 1. The third-order valence-corrected chi connectivity index (χ3v) is 4.58. The average Bonchev–Trinajstić information content (AvgIpc) is 3.06. The molecule has 0 radical (unpaired) electrons. The van der Waals surface area contributed by atoms with Crippen molar-refractivity contribution in [3.63, 3.8) is 0 Å². The van der Waals surface area contributed by atoms with Crippen LogP contribution in [0.3, 0.4) is 0 Å². The number of rotatable bonds is 4. The lowest BCUT2D eigenvalue weighted by molar-refractivity contribution is -0.118. The Morgan fingerprint density at radius 1 is 0.963 bits per heavy atom. The Labute approximate surface area is 156 Å². The van der Waals surface area contributed by atoms with Crippen LogP contribution in [-0.2, 0) is 11.3 Å². The maximum absolute atomic E-state index is 14.4. The number of fused-ring (bicyclic) bond motifs is 1. The number of halogens is 1. The van der Waals surface area contributed by atoms with Crippen molar-refractivity contribution in [2.45, 2.75) is 6.54 Å². The Kier molecular flexibility index (Phi) is 4.42. The molecule has 0 atom stereocenters. The van der Waals surface area contributed by atoms with Crippen molar-refractivity contribution >= 4 is 22.6 Å². The van der Waals surface area contributed by atoms with Crippen LogP contribution in [0.15, 0.2) is 78.9 Å². The summed E-state index contributed by atoms with van der Waals surface area (Å²) in [4.78, 5) is 19.1. The minimum Gasteiger partial charge on any atom is -0.314 e. The predicted octanol–water partition coefficient (Wildman–Crippen LogP) is 4.51. The summed E-state index contributed by atoms with van der Waals surface area (Å²) in [5.41, 5.74) is 2.71. The van der Waals surface area contributed by atoms with Crippen LogP contribution in [0.4, 0.5) is 10.1 Å². The molecule has 0 bridgehead atoms. The second-order valence-electron chi connectivity index (χ2n) is 6.28. The zero-order valence-electron chi connectivity index (χ0n) is 14.8.